The van der Waals surface area contributed by atoms with Crippen LogP contribution < -0.4 is 12.4 Å². The van der Waals surface area contributed by atoms with Crippen molar-refractivity contribution >= 4 is 54.0 Å². The maximum atomic E-state index is 13.3. The largest absolute Gasteiger partial charge is 1.00 e. The van der Waals surface area contributed by atoms with E-state index in [1.54, 1.807) is 12.1 Å². The zero-order valence-electron chi connectivity index (χ0n) is 60.1. The standard InChI is InChI=1S/2C19H14F3S.2C19H16F2O5S.C10H16N.CH4.ClH/c2*20-19(21,22)15-8-7-13-18(14-15)23(16-9-3-1-4-10-16)17-11-5-2-6-12-17;2*20-19(21,27(23,24)25)10-26-18(22)16-9-15-11-5-1-3-7-13(11)17(16)14-8-4-2-6-12(14)15;1-11(2,3)9-10-7-5-4-6-8-10;;/h2*1-14H;2*1-8,15-17H,9-10H2,(H,23,24,25);4-8H,9H2,1-3H3;1H4;1H/q2*+1;;;+1;;/p-3. The third-order valence-corrected chi connectivity index (χ3v) is 25.0. The van der Waals surface area contributed by atoms with Gasteiger partial charge in [-0.15, -0.1) is 0 Å². The summed E-state index contributed by atoms with van der Waals surface area (Å²) in [6, 6.07) is 90.9. The summed E-state index contributed by atoms with van der Waals surface area (Å²) in [6.07, 6.45) is -7.91. The molecule has 17 rings (SSSR count). The quantitative estimate of drug-likeness (QED) is 0.0299. The summed E-state index contributed by atoms with van der Waals surface area (Å²) in [5, 5.41) is -9.29. The molecular weight excluding hydrogens is 1570 g/mol. The number of quaternary nitrogens is 1. The van der Waals surface area contributed by atoms with Crippen LogP contribution in [0.5, 0.6) is 0 Å². The summed E-state index contributed by atoms with van der Waals surface area (Å²) in [7, 11) is -6.31. The summed E-state index contributed by atoms with van der Waals surface area (Å²) < 4.78 is 205. The minimum absolute atomic E-state index is 0. The topological polar surface area (TPSA) is 167 Å². The van der Waals surface area contributed by atoms with E-state index in [0.717, 1.165) is 87.3 Å². The molecule has 6 aliphatic carbocycles. The number of nitrogens with zero attached hydrogens (tertiary/aromatic N) is 1. The third kappa shape index (κ3) is 21.1. The Morgan fingerprint density at radius 1 is 0.372 bits per heavy atom. The number of carbonyl (C=O) groups excluding carboxylic acids is 2. The highest BCUT2D eigenvalue weighted by Crippen LogP contribution is 2.57. The summed E-state index contributed by atoms with van der Waals surface area (Å²) in [6.45, 7) is -2.44. The smallest absolute Gasteiger partial charge is 0.416 e. The van der Waals surface area contributed by atoms with Crippen LogP contribution in [0.2, 0.25) is 0 Å². The van der Waals surface area contributed by atoms with Gasteiger partial charge in [-0.05, 0) is 130 Å². The van der Waals surface area contributed by atoms with Gasteiger partial charge in [0.05, 0.1) is 65.9 Å². The van der Waals surface area contributed by atoms with E-state index < -0.39 is 113 Å². The molecule has 2 atom stereocenters. The van der Waals surface area contributed by atoms with Crippen LogP contribution in [0.4, 0.5) is 43.9 Å². The van der Waals surface area contributed by atoms with E-state index in [4.69, 9.17) is 0 Å². The average molecular weight is 1650 g/mol. The number of fused-ring (bicyclic) bond motifs is 2. The number of halogens is 11. The summed E-state index contributed by atoms with van der Waals surface area (Å²) in [4.78, 5) is 30.4. The van der Waals surface area contributed by atoms with Gasteiger partial charge in [0, 0.05) is 41.4 Å². The molecule has 0 saturated carbocycles. The average Bonchev–Trinajstić information content (AvgIpc) is 0.725. The molecule has 0 spiro atoms. The van der Waals surface area contributed by atoms with Crippen molar-refractivity contribution < 1.29 is 106 Å². The van der Waals surface area contributed by atoms with E-state index in [9.17, 15) is 79.4 Å². The van der Waals surface area contributed by atoms with Crippen LogP contribution in [-0.4, -0.2) is 87.2 Å². The van der Waals surface area contributed by atoms with E-state index in [1.165, 1.54) is 29.8 Å². The molecule has 592 valence electrons. The highest BCUT2D eigenvalue weighted by atomic mass is 35.5. The molecule has 4 bridgehead atoms. The zero-order chi connectivity index (χ0) is 79.7. The Balaban J connectivity index is 0.000000165. The maximum absolute atomic E-state index is 13.3. The Bertz CT molecular complexity index is 4790. The SMILES string of the molecule is C.C[N+](C)(C)Cc1ccccc1.FC(F)(F)c1cccc([S+](c2ccccc2)c2ccccc2)c1.FC(F)(F)c1cccc([S+](c2ccccc2)c2ccccc2)c1.O=C(OCC(F)(F)S(=O)(=O)[O-])C1CC2c3ccccc3C1c1ccccc12.O=C(OCC(F)(F)S(=O)(=O)[O-])C1CC2c3ccccc3C1c1ccccc12.[Cl-]. The Labute approximate surface area is 662 Å². The number of esters is 2. The highest BCUT2D eigenvalue weighted by molar-refractivity contribution is 7.97. The first kappa shape index (κ1) is 87.4. The monoisotopic (exact) mass is 1650 g/mol. The zero-order valence-corrected chi connectivity index (χ0v) is 64.1. The van der Waals surface area contributed by atoms with Crippen LogP contribution in [0.25, 0.3) is 0 Å². The first-order chi connectivity index (χ1) is 52.6. The molecule has 0 aliphatic heterocycles. The number of ether oxygens (including phenoxy) is 2. The van der Waals surface area contributed by atoms with Gasteiger partial charge in [0.25, 0.3) is 0 Å². The lowest BCUT2D eigenvalue weighted by atomic mass is 9.59. The first-order valence-corrected chi connectivity index (χ1v) is 40.1. The summed E-state index contributed by atoms with van der Waals surface area (Å²) in [5.74, 6) is -4.11. The van der Waals surface area contributed by atoms with E-state index in [-0.39, 0.29) is 43.5 Å². The van der Waals surface area contributed by atoms with Gasteiger partial charge >= 0.3 is 34.8 Å². The molecule has 0 N–H and O–H groups in total. The number of alkyl halides is 10. The Morgan fingerprint density at radius 2 is 0.611 bits per heavy atom. The molecule has 0 heterocycles. The molecule has 0 amide bonds. The van der Waals surface area contributed by atoms with Gasteiger partial charge in [-0.25, -0.2) is 16.8 Å². The second kappa shape index (κ2) is 36.7. The van der Waals surface area contributed by atoms with E-state index in [0.29, 0.717) is 22.6 Å². The molecule has 2 unspecified atom stereocenters. The minimum Gasteiger partial charge on any atom is -1.00 e. The van der Waals surface area contributed by atoms with Crippen LogP contribution >= 0.6 is 0 Å². The normalized spacial score (nSPS) is 17.1. The summed E-state index contributed by atoms with van der Waals surface area (Å²) in [5.41, 5.74) is 8.33. The van der Waals surface area contributed by atoms with Gasteiger partial charge in [-0.3, -0.25) is 9.59 Å². The molecule has 6 aliphatic rings. The number of rotatable bonds is 16. The van der Waals surface area contributed by atoms with E-state index in [1.807, 2.05) is 218 Å². The van der Waals surface area contributed by atoms with Crippen molar-refractivity contribution in [3.63, 3.8) is 0 Å². The van der Waals surface area contributed by atoms with Crippen molar-refractivity contribution in [2.75, 3.05) is 34.4 Å². The first-order valence-electron chi connectivity index (χ1n) is 34.8. The fourth-order valence-electron chi connectivity index (χ4n) is 14.2. The summed E-state index contributed by atoms with van der Waals surface area (Å²) >= 11 is 0. The number of carbonyl (C=O) groups is 2. The van der Waals surface area contributed by atoms with Crippen molar-refractivity contribution in [2.24, 2.45) is 11.8 Å². The van der Waals surface area contributed by atoms with Gasteiger partial charge in [0.1, 0.15) is 6.54 Å². The second-order valence-electron chi connectivity index (χ2n) is 27.5. The molecular formula is C87H78ClF10NO10S4. The molecule has 26 heteroatoms. The van der Waals surface area contributed by atoms with E-state index in [2.05, 4.69) is 60.9 Å². The van der Waals surface area contributed by atoms with Crippen molar-refractivity contribution in [3.8, 4) is 0 Å². The molecule has 0 aromatic heterocycles. The maximum Gasteiger partial charge on any atom is 0.416 e. The highest BCUT2D eigenvalue weighted by Gasteiger charge is 2.50. The third-order valence-electron chi connectivity index (χ3n) is 18.9. The van der Waals surface area contributed by atoms with Crippen molar-refractivity contribution in [2.45, 2.75) is 103 Å². The molecule has 11 nitrogen and oxygen atoms in total. The molecule has 113 heavy (non-hydrogen) atoms. The van der Waals surface area contributed by atoms with Crippen LogP contribution in [0.1, 0.15) is 105 Å². The lowest BCUT2D eigenvalue weighted by Gasteiger charge is -2.44. The predicted octanol–water partition coefficient (Wildman–Crippen LogP) is 17.1. The van der Waals surface area contributed by atoms with Crippen molar-refractivity contribution in [1.29, 1.82) is 0 Å². The van der Waals surface area contributed by atoms with Crippen LogP contribution in [0, 0.1) is 11.8 Å². The predicted molar refractivity (Wildman–Crippen MR) is 408 cm³/mol. The Kier molecular flexibility index (Phi) is 28.4. The van der Waals surface area contributed by atoms with Crippen LogP contribution in [-0.2, 0) is 80.0 Å². The van der Waals surface area contributed by atoms with Crippen molar-refractivity contribution in [1.82, 2.24) is 0 Å². The fraction of sp³-hybridized carbons (Fsp3) is 0.218. The van der Waals surface area contributed by atoms with Crippen molar-refractivity contribution in [3.05, 3.63) is 358 Å². The molecule has 11 aromatic rings. The Morgan fingerprint density at radius 3 is 0.858 bits per heavy atom. The van der Waals surface area contributed by atoms with Crippen LogP contribution in [0.15, 0.2) is 327 Å². The number of hydrogen-bond donors (Lipinski definition) is 0. The lowest BCUT2D eigenvalue weighted by molar-refractivity contribution is -0.884. The molecule has 0 fully saturated rings. The van der Waals surface area contributed by atoms with Crippen LogP contribution in [0.3, 0.4) is 0 Å². The lowest BCUT2D eigenvalue weighted by Crippen LogP contribution is -3.00. The molecule has 0 saturated heterocycles. The molecule has 11 aromatic carbocycles. The Hall–Kier alpha value is -9.57. The van der Waals surface area contributed by atoms with Gasteiger partial charge in [0.2, 0.25) is 0 Å². The minimum atomic E-state index is -5.90. The van der Waals surface area contributed by atoms with E-state index >= 15 is 0 Å². The number of benzene rings is 11. The second-order valence-corrected chi connectivity index (χ2v) is 34.6. The fourth-order valence-corrected chi connectivity index (χ4v) is 18.9. The van der Waals surface area contributed by atoms with Gasteiger partial charge in [-0.1, -0.05) is 220 Å². The number of hydrogen-bond acceptors (Lipinski definition) is 10. The van der Waals surface area contributed by atoms with Gasteiger partial charge < -0.3 is 35.5 Å². The van der Waals surface area contributed by atoms with Gasteiger partial charge in [-0.2, -0.15) is 43.9 Å². The molecule has 0 radical (unpaired) electrons. The van der Waals surface area contributed by atoms with Gasteiger partial charge in [0.15, 0.2) is 62.8 Å².